The van der Waals surface area contributed by atoms with Crippen LogP contribution in [0, 0.1) is 5.92 Å². The molecule has 0 radical (unpaired) electrons. The maximum Gasteiger partial charge on any atom is 0.329 e. The van der Waals surface area contributed by atoms with Gasteiger partial charge in [-0.2, -0.15) is 0 Å². The van der Waals surface area contributed by atoms with Crippen LogP contribution in [-0.4, -0.2) is 40.0 Å². The van der Waals surface area contributed by atoms with Crippen molar-refractivity contribution in [3.8, 4) is 0 Å². The van der Waals surface area contributed by atoms with Crippen LogP contribution < -0.4 is 5.73 Å². The summed E-state index contributed by atoms with van der Waals surface area (Å²) in [6, 6.07) is -0.629. The minimum atomic E-state index is -1.01. The summed E-state index contributed by atoms with van der Waals surface area (Å²) >= 11 is 0. The Bertz CT molecular complexity index is 377. The molecule has 2 fully saturated rings. The fourth-order valence-corrected chi connectivity index (χ4v) is 3.95. The molecule has 1 heterocycles. The Morgan fingerprint density at radius 2 is 1.85 bits per heavy atom. The molecule has 2 rings (SSSR count). The highest BCUT2D eigenvalue weighted by Crippen LogP contribution is 2.42. The van der Waals surface area contributed by atoms with Gasteiger partial charge in [-0.05, 0) is 44.9 Å². The monoisotopic (exact) mass is 282 g/mol. The summed E-state index contributed by atoms with van der Waals surface area (Å²) in [6.07, 6.45) is 7.47. The first-order chi connectivity index (χ1) is 9.50. The number of amides is 1. The van der Waals surface area contributed by atoms with Gasteiger partial charge in [0.05, 0.1) is 6.04 Å². The van der Waals surface area contributed by atoms with Crippen molar-refractivity contribution < 1.29 is 14.7 Å². The van der Waals surface area contributed by atoms with E-state index in [0.29, 0.717) is 13.0 Å². The molecule has 1 saturated heterocycles. The fourth-order valence-electron chi connectivity index (χ4n) is 3.95. The number of carboxylic acids is 1. The second kappa shape index (κ2) is 6.12. The van der Waals surface area contributed by atoms with Crippen molar-refractivity contribution in [1.82, 2.24) is 4.90 Å². The largest absolute Gasteiger partial charge is 0.479 e. The van der Waals surface area contributed by atoms with Crippen LogP contribution in [0.4, 0.5) is 0 Å². The number of nitrogens with zero attached hydrogens (tertiary/aromatic N) is 1. The average molecular weight is 282 g/mol. The minimum absolute atomic E-state index is 0.0803. The molecule has 0 aromatic rings. The van der Waals surface area contributed by atoms with Crippen LogP contribution >= 0.6 is 0 Å². The van der Waals surface area contributed by atoms with E-state index in [0.717, 1.165) is 38.5 Å². The number of carbonyl (C=O) groups is 2. The second-order valence-electron chi connectivity index (χ2n) is 6.30. The normalized spacial score (nSPS) is 30.0. The maximum absolute atomic E-state index is 12.4. The van der Waals surface area contributed by atoms with Gasteiger partial charge in [0.2, 0.25) is 5.91 Å². The van der Waals surface area contributed by atoms with E-state index in [1.165, 1.54) is 6.42 Å². The molecular formula is C15H26N2O3. The van der Waals surface area contributed by atoms with Gasteiger partial charge < -0.3 is 15.7 Å². The molecule has 20 heavy (non-hydrogen) atoms. The van der Waals surface area contributed by atoms with Crippen LogP contribution in [0.15, 0.2) is 0 Å². The SMILES string of the molecule is C[C@H](N)C(=O)N1CCCCC1(C(=O)O)C1CCCCC1. The number of likely N-dealkylation sites (tertiary alicyclic amines) is 1. The molecule has 5 nitrogen and oxygen atoms in total. The van der Waals surface area contributed by atoms with Crippen LogP contribution in [-0.2, 0) is 9.59 Å². The zero-order valence-electron chi connectivity index (χ0n) is 12.3. The van der Waals surface area contributed by atoms with Gasteiger partial charge in [0.15, 0.2) is 0 Å². The predicted molar refractivity (Wildman–Crippen MR) is 76.2 cm³/mol. The van der Waals surface area contributed by atoms with E-state index in [2.05, 4.69) is 0 Å². The standard InChI is InChI=1S/C15H26N2O3/c1-11(16)13(18)17-10-6-5-9-15(17,14(19)20)12-7-3-2-4-8-12/h11-12H,2-10,16H2,1H3,(H,19,20)/t11-,15?/m0/s1. The van der Waals surface area contributed by atoms with Crippen LogP contribution in [0.1, 0.15) is 58.3 Å². The van der Waals surface area contributed by atoms with Gasteiger partial charge in [-0.15, -0.1) is 0 Å². The van der Waals surface area contributed by atoms with Crippen molar-refractivity contribution in [3.63, 3.8) is 0 Å². The lowest BCUT2D eigenvalue weighted by Gasteiger charge is -2.50. The number of hydrogen-bond acceptors (Lipinski definition) is 3. The van der Waals surface area contributed by atoms with Gasteiger partial charge in [0.25, 0.3) is 0 Å². The Morgan fingerprint density at radius 3 is 2.40 bits per heavy atom. The third-order valence-corrected chi connectivity index (χ3v) is 4.98. The van der Waals surface area contributed by atoms with Crippen molar-refractivity contribution in [2.45, 2.75) is 69.9 Å². The smallest absolute Gasteiger partial charge is 0.329 e. The van der Waals surface area contributed by atoms with Crippen molar-refractivity contribution in [1.29, 1.82) is 0 Å². The molecule has 1 unspecified atom stereocenters. The first-order valence-electron chi connectivity index (χ1n) is 7.80. The number of piperidine rings is 1. The topological polar surface area (TPSA) is 83.6 Å². The molecule has 0 aromatic carbocycles. The molecule has 0 spiro atoms. The molecule has 5 heteroatoms. The molecule has 2 atom stereocenters. The molecule has 1 aliphatic heterocycles. The fraction of sp³-hybridized carbons (Fsp3) is 0.867. The summed E-state index contributed by atoms with van der Waals surface area (Å²) in [7, 11) is 0. The van der Waals surface area contributed by atoms with Crippen molar-refractivity contribution in [2.24, 2.45) is 11.7 Å². The van der Waals surface area contributed by atoms with Crippen LogP contribution in [0.2, 0.25) is 0 Å². The minimum Gasteiger partial charge on any atom is -0.479 e. The number of rotatable bonds is 3. The third kappa shape index (κ3) is 2.55. The van der Waals surface area contributed by atoms with Gasteiger partial charge in [-0.3, -0.25) is 4.79 Å². The number of carboxylic acid groups (broad SMARTS) is 1. The Labute approximate surface area is 120 Å². The molecule has 1 aliphatic carbocycles. The van der Waals surface area contributed by atoms with Gasteiger partial charge in [0, 0.05) is 6.54 Å². The van der Waals surface area contributed by atoms with E-state index >= 15 is 0 Å². The molecule has 0 aromatic heterocycles. The Kier molecular flexibility index (Phi) is 4.68. The first-order valence-corrected chi connectivity index (χ1v) is 7.80. The van der Waals surface area contributed by atoms with E-state index in [9.17, 15) is 14.7 Å². The predicted octanol–water partition coefficient (Wildman–Crippen LogP) is 1.75. The molecule has 1 saturated carbocycles. The number of carbonyl (C=O) groups excluding carboxylic acids is 1. The van der Waals surface area contributed by atoms with Crippen molar-refractivity contribution >= 4 is 11.9 Å². The zero-order valence-corrected chi connectivity index (χ0v) is 12.3. The highest BCUT2D eigenvalue weighted by atomic mass is 16.4. The lowest BCUT2D eigenvalue weighted by Crippen LogP contribution is -2.65. The summed E-state index contributed by atoms with van der Waals surface area (Å²) in [6.45, 7) is 2.17. The Balaban J connectivity index is 2.35. The summed E-state index contributed by atoms with van der Waals surface area (Å²) in [5.41, 5.74) is 4.72. The van der Waals surface area contributed by atoms with Crippen molar-refractivity contribution in [3.05, 3.63) is 0 Å². The Morgan fingerprint density at radius 1 is 1.20 bits per heavy atom. The van der Waals surface area contributed by atoms with Gasteiger partial charge >= 0.3 is 5.97 Å². The summed E-state index contributed by atoms with van der Waals surface area (Å²) in [4.78, 5) is 26.1. The molecule has 1 amide bonds. The summed E-state index contributed by atoms with van der Waals surface area (Å²) < 4.78 is 0. The lowest BCUT2D eigenvalue weighted by molar-refractivity contribution is -0.169. The molecule has 2 aliphatic rings. The quantitative estimate of drug-likeness (QED) is 0.826. The van der Waals surface area contributed by atoms with Crippen LogP contribution in [0.25, 0.3) is 0 Å². The molecular weight excluding hydrogens is 256 g/mol. The zero-order chi connectivity index (χ0) is 14.8. The van der Waals surface area contributed by atoms with E-state index in [-0.39, 0.29) is 11.8 Å². The van der Waals surface area contributed by atoms with Crippen LogP contribution in [0.3, 0.4) is 0 Å². The van der Waals surface area contributed by atoms with E-state index < -0.39 is 17.6 Å². The number of hydrogen-bond donors (Lipinski definition) is 2. The summed E-state index contributed by atoms with van der Waals surface area (Å²) in [5, 5.41) is 9.91. The lowest BCUT2D eigenvalue weighted by atomic mass is 9.69. The molecule has 0 bridgehead atoms. The highest BCUT2D eigenvalue weighted by Gasteiger charge is 2.53. The van der Waals surface area contributed by atoms with E-state index in [1.54, 1.807) is 11.8 Å². The number of aliphatic carboxylic acids is 1. The first kappa shape index (κ1) is 15.3. The maximum atomic E-state index is 12.4. The average Bonchev–Trinajstić information content (AvgIpc) is 2.46. The summed E-state index contributed by atoms with van der Waals surface area (Å²) in [5.74, 6) is -0.965. The molecule has 114 valence electrons. The van der Waals surface area contributed by atoms with Gasteiger partial charge in [-0.1, -0.05) is 19.3 Å². The van der Waals surface area contributed by atoms with Crippen LogP contribution in [0.5, 0.6) is 0 Å². The number of nitrogens with two attached hydrogens (primary N) is 1. The van der Waals surface area contributed by atoms with Gasteiger partial charge in [-0.25, -0.2) is 4.79 Å². The highest BCUT2D eigenvalue weighted by molar-refractivity contribution is 5.90. The van der Waals surface area contributed by atoms with E-state index in [1.807, 2.05) is 0 Å². The molecule has 3 N–H and O–H groups in total. The third-order valence-electron chi connectivity index (χ3n) is 4.98. The Hall–Kier alpha value is -1.10. The van der Waals surface area contributed by atoms with Gasteiger partial charge in [0.1, 0.15) is 5.54 Å². The van der Waals surface area contributed by atoms with Crippen molar-refractivity contribution in [2.75, 3.05) is 6.54 Å². The second-order valence-corrected chi connectivity index (χ2v) is 6.30. The van der Waals surface area contributed by atoms with E-state index in [4.69, 9.17) is 5.73 Å².